The minimum atomic E-state index is -0.143. The third kappa shape index (κ3) is 2.13. The van der Waals surface area contributed by atoms with Gasteiger partial charge < -0.3 is 10.0 Å². The van der Waals surface area contributed by atoms with E-state index in [0.29, 0.717) is 11.4 Å². The van der Waals surface area contributed by atoms with Crippen LogP contribution >= 0.6 is 0 Å². The average Bonchev–Trinajstić information content (AvgIpc) is 2.74. The highest BCUT2D eigenvalue weighted by molar-refractivity contribution is 6.04. The summed E-state index contributed by atoms with van der Waals surface area (Å²) in [5.41, 5.74) is 1.23. The molecule has 0 aliphatic heterocycles. The van der Waals surface area contributed by atoms with Crippen LogP contribution in [-0.4, -0.2) is 27.8 Å². The molecule has 0 aliphatic carbocycles. The van der Waals surface area contributed by atoms with E-state index < -0.39 is 0 Å². The van der Waals surface area contributed by atoms with Crippen LogP contribution in [0.15, 0.2) is 36.5 Å². The lowest BCUT2D eigenvalue weighted by molar-refractivity contribution is 0.0984. The molecule has 0 saturated heterocycles. The molecule has 1 heterocycles. The highest BCUT2D eigenvalue weighted by atomic mass is 16.3. The Morgan fingerprint density at radius 1 is 1.29 bits per heavy atom. The van der Waals surface area contributed by atoms with Gasteiger partial charge in [0.05, 0.1) is 0 Å². The van der Waals surface area contributed by atoms with Crippen LogP contribution in [0, 0.1) is 0 Å². The van der Waals surface area contributed by atoms with Crippen LogP contribution in [0.2, 0.25) is 0 Å². The Labute approximate surface area is 98.9 Å². The molecule has 0 unspecified atom stereocenters. The van der Waals surface area contributed by atoms with Gasteiger partial charge in [-0.25, -0.2) is 0 Å². The van der Waals surface area contributed by atoms with Crippen molar-refractivity contribution in [2.24, 2.45) is 7.05 Å². The molecule has 2 aromatic rings. The molecule has 2 rings (SSSR count). The maximum Gasteiger partial charge on any atom is 0.276 e. The highest BCUT2D eigenvalue weighted by Gasteiger charge is 2.16. The van der Waals surface area contributed by atoms with Crippen molar-refractivity contribution in [2.75, 3.05) is 11.9 Å². The Balaban J connectivity index is 2.26. The van der Waals surface area contributed by atoms with Crippen LogP contribution in [-0.2, 0) is 7.05 Å². The predicted molar refractivity (Wildman–Crippen MR) is 64.0 cm³/mol. The fourth-order valence-corrected chi connectivity index (χ4v) is 1.55. The third-order valence-electron chi connectivity index (χ3n) is 2.58. The van der Waals surface area contributed by atoms with E-state index in [-0.39, 0.29) is 11.7 Å². The summed E-state index contributed by atoms with van der Waals surface area (Å²) in [6.07, 6.45) is 1.58. The summed E-state index contributed by atoms with van der Waals surface area (Å²) < 4.78 is 1.53. The van der Waals surface area contributed by atoms with E-state index in [4.69, 9.17) is 0 Å². The van der Waals surface area contributed by atoms with E-state index in [9.17, 15) is 9.90 Å². The van der Waals surface area contributed by atoms with Crippen molar-refractivity contribution in [1.82, 2.24) is 9.78 Å². The number of phenolic OH excluding ortho intramolecular Hbond substituents is 1. The van der Waals surface area contributed by atoms with Gasteiger partial charge >= 0.3 is 0 Å². The second-order valence-electron chi connectivity index (χ2n) is 3.72. The SMILES string of the molecule is CN(C(=O)c1ccnn1C)c1ccc(O)cc1. The van der Waals surface area contributed by atoms with Gasteiger partial charge in [-0.1, -0.05) is 0 Å². The summed E-state index contributed by atoms with van der Waals surface area (Å²) in [6.45, 7) is 0. The van der Waals surface area contributed by atoms with Crippen molar-refractivity contribution in [3.05, 3.63) is 42.2 Å². The maximum atomic E-state index is 12.1. The van der Waals surface area contributed by atoms with Gasteiger partial charge in [0.25, 0.3) is 5.91 Å². The molecule has 1 aromatic carbocycles. The van der Waals surface area contributed by atoms with E-state index >= 15 is 0 Å². The zero-order valence-electron chi connectivity index (χ0n) is 9.66. The minimum Gasteiger partial charge on any atom is -0.508 e. The zero-order valence-corrected chi connectivity index (χ0v) is 9.66. The zero-order chi connectivity index (χ0) is 12.4. The molecule has 88 valence electrons. The third-order valence-corrected chi connectivity index (χ3v) is 2.58. The van der Waals surface area contributed by atoms with Crippen LogP contribution in [0.25, 0.3) is 0 Å². The highest BCUT2D eigenvalue weighted by Crippen LogP contribution is 2.18. The monoisotopic (exact) mass is 231 g/mol. The number of aryl methyl sites for hydroxylation is 1. The van der Waals surface area contributed by atoms with Crippen molar-refractivity contribution in [3.63, 3.8) is 0 Å². The number of nitrogens with zero attached hydrogens (tertiary/aromatic N) is 3. The lowest BCUT2D eigenvalue weighted by Crippen LogP contribution is -2.28. The number of amides is 1. The van der Waals surface area contributed by atoms with E-state index in [1.807, 2.05) is 0 Å². The molecule has 0 fully saturated rings. The summed E-state index contributed by atoms with van der Waals surface area (Å²) >= 11 is 0. The van der Waals surface area contributed by atoms with Gasteiger partial charge in [-0.05, 0) is 30.3 Å². The number of hydrogen-bond donors (Lipinski definition) is 1. The average molecular weight is 231 g/mol. The maximum absolute atomic E-state index is 12.1. The van der Waals surface area contributed by atoms with Crippen molar-refractivity contribution in [3.8, 4) is 5.75 Å². The molecule has 1 amide bonds. The Morgan fingerprint density at radius 3 is 2.47 bits per heavy atom. The van der Waals surface area contributed by atoms with Gasteiger partial charge in [-0.3, -0.25) is 9.48 Å². The van der Waals surface area contributed by atoms with Gasteiger partial charge in [-0.15, -0.1) is 0 Å². The molecular weight excluding hydrogens is 218 g/mol. The van der Waals surface area contributed by atoms with Gasteiger partial charge in [0.15, 0.2) is 0 Å². The molecule has 5 heteroatoms. The number of benzene rings is 1. The number of carbonyl (C=O) groups excluding carboxylic acids is 1. The standard InChI is InChI=1S/C12H13N3O2/c1-14(9-3-5-10(16)6-4-9)12(17)11-7-8-13-15(11)2/h3-8,16H,1-2H3. The van der Waals surface area contributed by atoms with Crippen molar-refractivity contribution >= 4 is 11.6 Å². The molecular formula is C12H13N3O2. The molecule has 0 spiro atoms. The van der Waals surface area contributed by atoms with Crippen LogP contribution in [0.5, 0.6) is 5.75 Å². The Morgan fingerprint density at radius 2 is 1.94 bits per heavy atom. The molecule has 0 atom stereocenters. The Bertz CT molecular complexity index is 531. The van der Waals surface area contributed by atoms with Crippen LogP contribution in [0.1, 0.15) is 10.5 Å². The van der Waals surface area contributed by atoms with E-state index in [2.05, 4.69) is 5.10 Å². The summed E-state index contributed by atoms with van der Waals surface area (Å²) in [5, 5.41) is 13.1. The fraction of sp³-hybridized carbons (Fsp3) is 0.167. The molecule has 0 aliphatic rings. The van der Waals surface area contributed by atoms with Gasteiger partial charge in [0.2, 0.25) is 0 Å². The fourth-order valence-electron chi connectivity index (χ4n) is 1.55. The first-order chi connectivity index (χ1) is 8.09. The second kappa shape index (κ2) is 4.29. The number of aromatic hydroxyl groups is 1. The number of phenols is 1. The van der Waals surface area contributed by atoms with E-state index in [0.717, 1.165) is 0 Å². The Hall–Kier alpha value is -2.30. The molecule has 1 aromatic heterocycles. The summed E-state index contributed by atoms with van der Waals surface area (Å²) in [6, 6.07) is 8.12. The molecule has 0 radical (unpaired) electrons. The van der Waals surface area contributed by atoms with Crippen LogP contribution in [0.3, 0.4) is 0 Å². The topological polar surface area (TPSA) is 58.4 Å². The molecule has 17 heavy (non-hydrogen) atoms. The number of hydrogen-bond acceptors (Lipinski definition) is 3. The molecule has 1 N–H and O–H groups in total. The Kier molecular flexibility index (Phi) is 2.82. The minimum absolute atomic E-state index is 0.143. The number of rotatable bonds is 2. The van der Waals surface area contributed by atoms with Crippen LogP contribution < -0.4 is 4.90 Å². The van der Waals surface area contributed by atoms with E-state index in [1.54, 1.807) is 50.6 Å². The van der Waals surface area contributed by atoms with Crippen molar-refractivity contribution in [1.29, 1.82) is 0 Å². The smallest absolute Gasteiger partial charge is 0.276 e. The molecule has 5 nitrogen and oxygen atoms in total. The van der Waals surface area contributed by atoms with Crippen molar-refractivity contribution in [2.45, 2.75) is 0 Å². The summed E-state index contributed by atoms with van der Waals surface area (Å²) in [4.78, 5) is 13.6. The first-order valence-corrected chi connectivity index (χ1v) is 5.14. The van der Waals surface area contributed by atoms with Gasteiger partial charge in [0.1, 0.15) is 11.4 Å². The first kappa shape index (κ1) is 11.2. The number of aromatic nitrogens is 2. The van der Waals surface area contributed by atoms with Crippen molar-refractivity contribution < 1.29 is 9.90 Å². The lowest BCUT2D eigenvalue weighted by Gasteiger charge is -2.17. The summed E-state index contributed by atoms with van der Waals surface area (Å²) in [5.74, 6) is 0.0332. The predicted octanol–water partition coefficient (Wildman–Crippen LogP) is 1.40. The normalized spacial score (nSPS) is 10.2. The number of anilines is 1. The lowest BCUT2D eigenvalue weighted by atomic mass is 10.2. The van der Waals surface area contributed by atoms with E-state index in [1.165, 1.54) is 9.58 Å². The number of carbonyl (C=O) groups is 1. The molecule has 0 bridgehead atoms. The quantitative estimate of drug-likeness (QED) is 0.850. The largest absolute Gasteiger partial charge is 0.508 e. The van der Waals surface area contributed by atoms with Crippen LogP contribution in [0.4, 0.5) is 5.69 Å². The second-order valence-corrected chi connectivity index (χ2v) is 3.72. The first-order valence-electron chi connectivity index (χ1n) is 5.14. The van der Waals surface area contributed by atoms with Gasteiger partial charge in [0, 0.05) is 26.0 Å². The molecule has 0 saturated carbocycles. The summed E-state index contributed by atoms with van der Waals surface area (Å²) in [7, 11) is 3.40. The van der Waals surface area contributed by atoms with Gasteiger partial charge in [-0.2, -0.15) is 5.10 Å².